The molecule has 1 saturated heterocycles. The lowest BCUT2D eigenvalue weighted by Gasteiger charge is -2.39. The van der Waals surface area contributed by atoms with Crippen molar-refractivity contribution in [1.29, 1.82) is 5.26 Å². The van der Waals surface area contributed by atoms with Crippen LogP contribution in [0.1, 0.15) is 40.5 Å². The minimum absolute atomic E-state index is 0.0482. The van der Waals surface area contributed by atoms with Crippen LogP contribution in [0, 0.1) is 17.2 Å². The lowest BCUT2D eigenvalue weighted by Crippen LogP contribution is -2.55. The molecule has 0 saturated carbocycles. The van der Waals surface area contributed by atoms with Crippen molar-refractivity contribution >= 4 is 39.3 Å². The van der Waals surface area contributed by atoms with E-state index in [4.69, 9.17) is 16.3 Å². The monoisotopic (exact) mass is 512 g/mol. The number of hydrogen-bond donors (Lipinski definition) is 1. The van der Waals surface area contributed by atoms with Crippen molar-refractivity contribution in [3.63, 3.8) is 0 Å². The summed E-state index contributed by atoms with van der Waals surface area (Å²) < 4.78 is 58.5. The van der Waals surface area contributed by atoms with Gasteiger partial charge < -0.3 is 9.64 Å². The highest BCUT2D eigenvalue weighted by Gasteiger charge is 2.37. The summed E-state index contributed by atoms with van der Waals surface area (Å²) in [5, 5.41) is 9.66. The Hall–Kier alpha value is -3.30. The maximum absolute atomic E-state index is 13.5. The molecule has 13 heteroatoms. The van der Waals surface area contributed by atoms with Crippen molar-refractivity contribution in [2.24, 2.45) is 5.92 Å². The van der Waals surface area contributed by atoms with Crippen molar-refractivity contribution in [2.75, 3.05) is 24.6 Å². The van der Waals surface area contributed by atoms with Gasteiger partial charge in [0.15, 0.2) is 0 Å². The van der Waals surface area contributed by atoms with E-state index >= 15 is 0 Å². The van der Waals surface area contributed by atoms with Crippen LogP contribution in [-0.2, 0) is 25.3 Å². The molecule has 1 fully saturated rings. The van der Waals surface area contributed by atoms with Gasteiger partial charge >= 0.3 is 5.97 Å². The molecule has 1 aromatic carbocycles. The highest BCUT2D eigenvalue weighted by atomic mass is 35.5. The van der Waals surface area contributed by atoms with E-state index in [-0.39, 0.29) is 36.1 Å². The van der Waals surface area contributed by atoms with Crippen molar-refractivity contribution in [3.8, 4) is 6.07 Å². The van der Waals surface area contributed by atoms with E-state index in [1.807, 2.05) is 4.72 Å². The number of pyridine rings is 1. The fourth-order valence-electron chi connectivity index (χ4n) is 3.29. The van der Waals surface area contributed by atoms with Gasteiger partial charge in [0.1, 0.15) is 17.6 Å². The minimum atomic E-state index is -4.03. The first-order chi connectivity index (χ1) is 16.1. The standard InChI is InChI=1S/C21H19ClF2N4O5S/c1-2-33-21(30)15-7-13(8-25)19(26-17(15)18(23)24)28-9-14(10-28)20(29)27-34(31,32)11-12-5-3-4-6-16(12)22/h3-7,14,18H,2,9-11H2,1H3,(H,27,29). The van der Waals surface area contributed by atoms with Crippen LogP contribution in [0.3, 0.4) is 0 Å². The van der Waals surface area contributed by atoms with Gasteiger partial charge in [0, 0.05) is 18.1 Å². The van der Waals surface area contributed by atoms with Crippen molar-refractivity contribution in [2.45, 2.75) is 19.1 Å². The van der Waals surface area contributed by atoms with Crippen LogP contribution in [0.25, 0.3) is 0 Å². The number of benzene rings is 1. The molecule has 9 nitrogen and oxygen atoms in total. The average molecular weight is 513 g/mol. The number of nitrogens with one attached hydrogen (secondary N) is 1. The number of rotatable bonds is 8. The van der Waals surface area contributed by atoms with Gasteiger partial charge in [0.2, 0.25) is 15.9 Å². The Morgan fingerprint density at radius 3 is 2.62 bits per heavy atom. The van der Waals surface area contributed by atoms with Crippen LogP contribution in [0.2, 0.25) is 5.02 Å². The zero-order chi connectivity index (χ0) is 25.0. The molecule has 0 atom stereocenters. The second kappa shape index (κ2) is 10.3. The molecular formula is C21H19ClF2N4O5S. The molecule has 3 rings (SSSR count). The zero-order valence-electron chi connectivity index (χ0n) is 17.8. The number of alkyl halides is 2. The maximum atomic E-state index is 13.5. The smallest absolute Gasteiger partial charge is 0.340 e. The molecular weight excluding hydrogens is 494 g/mol. The zero-order valence-corrected chi connectivity index (χ0v) is 19.4. The van der Waals surface area contributed by atoms with E-state index in [0.717, 1.165) is 6.07 Å². The van der Waals surface area contributed by atoms with Gasteiger partial charge in [-0.2, -0.15) is 5.26 Å². The summed E-state index contributed by atoms with van der Waals surface area (Å²) in [5.41, 5.74) is -1.19. The lowest BCUT2D eigenvalue weighted by atomic mass is 9.98. The molecule has 0 unspecified atom stereocenters. The average Bonchev–Trinajstić information content (AvgIpc) is 2.73. The number of nitriles is 1. The Morgan fingerprint density at radius 1 is 1.35 bits per heavy atom. The Morgan fingerprint density at radius 2 is 2.03 bits per heavy atom. The van der Waals surface area contributed by atoms with Crippen LogP contribution in [0.15, 0.2) is 30.3 Å². The third kappa shape index (κ3) is 5.60. The fraction of sp³-hybridized carbons (Fsp3) is 0.333. The normalized spacial score (nSPS) is 13.8. The Kier molecular flexibility index (Phi) is 7.68. The Balaban J connectivity index is 1.72. The van der Waals surface area contributed by atoms with Crippen LogP contribution < -0.4 is 9.62 Å². The summed E-state index contributed by atoms with van der Waals surface area (Å²) in [6.07, 6.45) is -3.11. The van der Waals surface area contributed by atoms with E-state index in [2.05, 4.69) is 4.98 Å². The number of esters is 1. The number of sulfonamides is 1. The van der Waals surface area contributed by atoms with Gasteiger partial charge in [-0.05, 0) is 24.6 Å². The topological polar surface area (TPSA) is 129 Å². The van der Waals surface area contributed by atoms with Crippen molar-refractivity contribution in [1.82, 2.24) is 9.71 Å². The molecule has 180 valence electrons. The molecule has 1 N–H and O–H groups in total. The molecule has 1 aliphatic heterocycles. The SMILES string of the molecule is CCOC(=O)c1cc(C#N)c(N2CC(C(=O)NS(=O)(=O)Cc3ccccc3Cl)C2)nc1C(F)F. The van der Waals surface area contributed by atoms with Gasteiger partial charge in [-0.15, -0.1) is 0 Å². The highest BCUT2D eigenvalue weighted by molar-refractivity contribution is 7.89. The number of ether oxygens (including phenoxy) is 1. The molecule has 0 aliphatic carbocycles. The van der Waals surface area contributed by atoms with E-state index in [0.29, 0.717) is 5.56 Å². The summed E-state index contributed by atoms with van der Waals surface area (Å²) >= 11 is 5.97. The number of nitrogens with zero attached hydrogens (tertiary/aromatic N) is 3. The van der Waals surface area contributed by atoms with E-state index < -0.39 is 51.3 Å². The Labute approximate surface area is 199 Å². The second-order valence-electron chi connectivity index (χ2n) is 7.34. The van der Waals surface area contributed by atoms with Gasteiger partial charge in [-0.3, -0.25) is 9.52 Å². The number of amides is 1. The number of aromatic nitrogens is 1. The molecule has 1 aromatic heterocycles. The van der Waals surface area contributed by atoms with Crippen molar-refractivity contribution < 1.29 is 31.5 Å². The van der Waals surface area contributed by atoms with Crippen LogP contribution >= 0.6 is 11.6 Å². The molecule has 0 bridgehead atoms. The number of hydrogen-bond acceptors (Lipinski definition) is 8. The van der Waals surface area contributed by atoms with Gasteiger partial charge in [-0.1, -0.05) is 29.8 Å². The number of halogens is 3. The number of anilines is 1. The van der Waals surface area contributed by atoms with E-state index in [1.54, 1.807) is 18.2 Å². The van der Waals surface area contributed by atoms with Crippen LogP contribution in [0.4, 0.5) is 14.6 Å². The van der Waals surface area contributed by atoms with E-state index in [1.165, 1.54) is 24.0 Å². The molecule has 1 amide bonds. The fourth-order valence-corrected chi connectivity index (χ4v) is 4.78. The first-order valence-corrected chi connectivity index (χ1v) is 12.0. The molecule has 1 aliphatic rings. The van der Waals surface area contributed by atoms with Crippen LogP contribution in [0.5, 0.6) is 0 Å². The maximum Gasteiger partial charge on any atom is 0.340 e. The molecule has 34 heavy (non-hydrogen) atoms. The minimum Gasteiger partial charge on any atom is -0.462 e. The predicted molar refractivity (Wildman–Crippen MR) is 118 cm³/mol. The molecule has 2 aromatic rings. The molecule has 2 heterocycles. The molecule has 0 radical (unpaired) electrons. The largest absolute Gasteiger partial charge is 0.462 e. The Bertz CT molecular complexity index is 1260. The third-order valence-corrected chi connectivity index (χ3v) is 6.54. The van der Waals surface area contributed by atoms with E-state index in [9.17, 15) is 32.0 Å². The first kappa shape index (κ1) is 25.3. The number of carbonyl (C=O) groups excluding carboxylic acids is 2. The summed E-state index contributed by atoms with van der Waals surface area (Å²) in [4.78, 5) is 29.6. The highest BCUT2D eigenvalue weighted by Crippen LogP contribution is 2.32. The van der Waals surface area contributed by atoms with Crippen LogP contribution in [-0.4, -0.2) is 45.0 Å². The summed E-state index contributed by atoms with van der Waals surface area (Å²) in [6.45, 7) is 1.34. The molecule has 0 spiro atoms. The second-order valence-corrected chi connectivity index (χ2v) is 9.47. The third-order valence-electron chi connectivity index (χ3n) is 4.97. The summed E-state index contributed by atoms with van der Waals surface area (Å²) in [7, 11) is -4.03. The summed E-state index contributed by atoms with van der Waals surface area (Å²) in [6, 6.07) is 9.08. The van der Waals surface area contributed by atoms with Crippen molar-refractivity contribution in [3.05, 3.63) is 57.7 Å². The van der Waals surface area contributed by atoms with Gasteiger partial charge in [0.25, 0.3) is 6.43 Å². The first-order valence-electron chi connectivity index (χ1n) is 9.99. The number of carbonyl (C=O) groups is 2. The predicted octanol–water partition coefficient (Wildman–Crippen LogP) is 2.80. The van der Waals surface area contributed by atoms with Gasteiger partial charge in [-0.25, -0.2) is 27.0 Å². The quantitative estimate of drug-likeness (QED) is 0.534. The van der Waals surface area contributed by atoms with Gasteiger partial charge in [0.05, 0.1) is 29.4 Å². The summed E-state index contributed by atoms with van der Waals surface area (Å²) in [5.74, 6) is -3.22. The lowest BCUT2D eigenvalue weighted by molar-refractivity contribution is -0.123.